The second-order valence-electron chi connectivity index (χ2n) is 3.85. The van der Waals surface area contributed by atoms with Crippen LogP contribution in [0, 0.1) is 11.3 Å². The van der Waals surface area contributed by atoms with Crippen LogP contribution in [0.1, 0.15) is 33.6 Å². The first kappa shape index (κ1) is 12.9. The third-order valence-electron chi connectivity index (χ3n) is 2.64. The number of ether oxygens (including phenoxy) is 1. The van der Waals surface area contributed by atoms with Gasteiger partial charge in [0.15, 0.2) is 0 Å². The van der Waals surface area contributed by atoms with Gasteiger partial charge in [-0.3, -0.25) is 9.59 Å². The minimum absolute atomic E-state index is 0.311. The normalized spacial score (nSPS) is 16.9. The lowest BCUT2D eigenvalue weighted by atomic mass is 9.79. The number of carbonyl (C=O) groups excluding carboxylic acids is 1. The summed E-state index contributed by atoms with van der Waals surface area (Å²) in [4.78, 5) is 22.1. The predicted molar refractivity (Wildman–Crippen MR) is 51.8 cm³/mol. The molecule has 0 radical (unpaired) electrons. The maximum Gasteiger partial charge on any atom is 0.311 e. The number of hydrogen-bond donors (Lipinski definition) is 1. The van der Waals surface area contributed by atoms with Crippen LogP contribution < -0.4 is 0 Å². The van der Waals surface area contributed by atoms with Gasteiger partial charge in [-0.1, -0.05) is 13.8 Å². The molecule has 4 nitrogen and oxygen atoms in total. The van der Waals surface area contributed by atoms with E-state index in [1.54, 1.807) is 13.8 Å². The molecule has 0 aliphatic rings. The Morgan fingerprint density at radius 2 is 2.00 bits per heavy atom. The number of rotatable bonds is 5. The maximum atomic E-state index is 11.4. The van der Waals surface area contributed by atoms with Crippen molar-refractivity contribution in [2.45, 2.75) is 33.6 Å². The summed E-state index contributed by atoms with van der Waals surface area (Å²) in [6.45, 7) is 5.18. The van der Waals surface area contributed by atoms with Crippen LogP contribution in [-0.2, 0) is 14.3 Å². The molecule has 0 saturated carbocycles. The number of carboxylic acid groups (broad SMARTS) is 1. The van der Waals surface area contributed by atoms with Gasteiger partial charge in [0.2, 0.25) is 0 Å². The summed E-state index contributed by atoms with van der Waals surface area (Å²) in [5, 5.41) is 8.74. The van der Waals surface area contributed by atoms with Crippen molar-refractivity contribution >= 4 is 11.9 Å². The fourth-order valence-electron chi connectivity index (χ4n) is 1.38. The van der Waals surface area contributed by atoms with Crippen LogP contribution in [-0.4, -0.2) is 24.2 Å². The van der Waals surface area contributed by atoms with E-state index in [2.05, 4.69) is 4.74 Å². The average molecular weight is 202 g/mol. The molecule has 14 heavy (non-hydrogen) atoms. The van der Waals surface area contributed by atoms with Gasteiger partial charge in [0.1, 0.15) is 0 Å². The second kappa shape index (κ2) is 4.98. The summed E-state index contributed by atoms with van der Waals surface area (Å²) in [7, 11) is 1.32. The number of methoxy groups -OCH3 is 1. The van der Waals surface area contributed by atoms with Crippen LogP contribution in [0.4, 0.5) is 0 Å². The number of esters is 1. The zero-order valence-electron chi connectivity index (χ0n) is 9.16. The molecule has 1 N–H and O–H groups in total. The van der Waals surface area contributed by atoms with Gasteiger partial charge in [-0.15, -0.1) is 0 Å². The van der Waals surface area contributed by atoms with E-state index in [1.807, 2.05) is 6.92 Å². The van der Waals surface area contributed by atoms with Crippen molar-refractivity contribution in [3.8, 4) is 0 Å². The van der Waals surface area contributed by atoms with Crippen molar-refractivity contribution in [1.29, 1.82) is 0 Å². The SMILES string of the molecule is CC[C@@](C)(CC(C)C(=O)O)C(=O)OC. The van der Waals surface area contributed by atoms with E-state index in [9.17, 15) is 9.59 Å². The summed E-state index contributed by atoms with van der Waals surface area (Å²) in [5.74, 6) is -1.75. The van der Waals surface area contributed by atoms with Gasteiger partial charge in [-0.05, 0) is 19.8 Å². The molecule has 4 heteroatoms. The molecule has 0 aromatic heterocycles. The average Bonchev–Trinajstić information content (AvgIpc) is 2.15. The number of hydrogen-bond acceptors (Lipinski definition) is 3. The van der Waals surface area contributed by atoms with Gasteiger partial charge in [-0.2, -0.15) is 0 Å². The summed E-state index contributed by atoms with van der Waals surface area (Å²) >= 11 is 0. The molecule has 0 bridgehead atoms. The van der Waals surface area contributed by atoms with Crippen molar-refractivity contribution in [3.05, 3.63) is 0 Å². The molecular formula is C10H18O4. The van der Waals surface area contributed by atoms with E-state index >= 15 is 0 Å². The molecule has 2 atom stereocenters. The summed E-state index contributed by atoms with van der Waals surface area (Å²) < 4.78 is 4.66. The third kappa shape index (κ3) is 3.01. The van der Waals surface area contributed by atoms with E-state index in [4.69, 9.17) is 5.11 Å². The molecule has 0 aromatic rings. The Morgan fingerprint density at radius 1 is 1.50 bits per heavy atom. The van der Waals surface area contributed by atoms with Crippen molar-refractivity contribution < 1.29 is 19.4 Å². The number of carboxylic acids is 1. The maximum absolute atomic E-state index is 11.4. The van der Waals surface area contributed by atoms with Crippen LogP contribution in [0.15, 0.2) is 0 Å². The summed E-state index contributed by atoms with van der Waals surface area (Å²) in [5.41, 5.74) is -0.688. The molecule has 0 spiro atoms. The molecule has 0 saturated heterocycles. The molecular weight excluding hydrogens is 184 g/mol. The highest BCUT2D eigenvalue weighted by Crippen LogP contribution is 2.31. The minimum atomic E-state index is -0.881. The van der Waals surface area contributed by atoms with E-state index < -0.39 is 17.3 Å². The molecule has 1 unspecified atom stereocenters. The highest BCUT2D eigenvalue weighted by Gasteiger charge is 2.35. The van der Waals surface area contributed by atoms with Gasteiger partial charge in [0.05, 0.1) is 18.4 Å². The van der Waals surface area contributed by atoms with Gasteiger partial charge in [-0.25, -0.2) is 0 Å². The quantitative estimate of drug-likeness (QED) is 0.689. The highest BCUT2D eigenvalue weighted by atomic mass is 16.5. The minimum Gasteiger partial charge on any atom is -0.481 e. The zero-order valence-corrected chi connectivity index (χ0v) is 9.16. The molecule has 0 aliphatic carbocycles. The van der Waals surface area contributed by atoms with E-state index in [-0.39, 0.29) is 5.97 Å². The highest BCUT2D eigenvalue weighted by molar-refractivity contribution is 5.77. The number of aliphatic carboxylic acids is 1. The Labute approximate surface area is 84.3 Å². The fraction of sp³-hybridized carbons (Fsp3) is 0.800. The van der Waals surface area contributed by atoms with Crippen LogP contribution >= 0.6 is 0 Å². The van der Waals surface area contributed by atoms with Crippen molar-refractivity contribution in [2.24, 2.45) is 11.3 Å². The monoisotopic (exact) mass is 202 g/mol. The molecule has 0 aromatic carbocycles. The number of carbonyl (C=O) groups is 2. The molecule has 0 fully saturated rings. The second-order valence-corrected chi connectivity index (χ2v) is 3.85. The Morgan fingerprint density at radius 3 is 2.29 bits per heavy atom. The molecule has 0 heterocycles. The Hall–Kier alpha value is -1.06. The summed E-state index contributed by atoms with van der Waals surface area (Å²) in [6, 6.07) is 0. The largest absolute Gasteiger partial charge is 0.481 e. The standard InChI is InChI=1S/C10H18O4/c1-5-10(3,9(13)14-4)6-7(2)8(11)12/h7H,5-6H2,1-4H3,(H,11,12)/t7?,10-/m0/s1. The fourth-order valence-corrected chi connectivity index (χ4v) is 1.38. The van der Waals surface area contributed by atoms with Gasteiger partial charge in [0.25, 0.3) is 0 Å². The van der Waals surface area contributed by atoms with E-state index in [1.165, 1.54) is 7.11 Å². The first-order chi connectivity index (χ1) is 6.37. The molecule has 82 valence electrons. The first-order valence-corrected chi connectivity index (χ1v) is 4.68. The lowest BCUT2D eigenvalue weighted by molar-refractivity contribution is -0.154. The van der Waals surface area contributed by atoms with Crippen LogP contribution in [0.25, 0.3) is 0 Å². The topological polar surface area (TPSA) is 63.6 Å². The van der Waals surface area contributed by atoms with E-state index in [0.717, 1.165) is 0 Å². The lowest BCUT2D eigenvalue weighted by Gasteiger charge is -2.26. The Balaban J connectivity index is 4.55. The molecule has 0 aliphatic heterocycles. The lowest BCUT2D eigenvalue weighted by Crippen LogP contribution is -2.32. The van der Waals surface area contributed by atoms with Crippen LogP contribution in [0.2, 0.25) is 0 Å². The van der Waals surface area contributed by atoms with Gasteiger partial charge < -0.3 is 9.84 Å². The molecule has 0 amide bonds. The third-order valence-corrected chi connectivity index (χ3v) is 2.64. The van der Waals surface area contributed by atoms with Crippen LogP contribution in [0.5, 0.6) is 0 Å². The van der Waals surface area contributed by atoms with Crippen LogP contribution in [0.3, 0.4) is 0 Å². The Kier molecular flexibility index (Phi) is 4.60. The predicted octanol–water partition coefficient (Wildman–Crippen LogP) is 1.69. The van der Waals surface area contributed by atoms with Gasteiger partial charge in [0, 0.05) is 0 Å². The van der Waals surface area contributed by atoms with Gasteiger partial charge >= 0.3 is 11.9 Å². The first-order valence-electron chi connectivity index (χ1n) is 4.68. The van der Waals surface area contributed by atoms with Crippen molar-refractivity contribution in [2.75, 3.05) is 7.11 Å². The smallest absolute Gasteiger partial charge is 0.311 e. The zero-order chi connectivity index (χ0) is 11.4. The van der Waals surface area contributed by atoms with E-state index in [0.29, 0.717) is 12.8 Å². The van der Waals surface area contributed by atoms with Crippen molar-refractivity contribution in [3.63, 3.8) is 0 Å². The molecule has 0 rings (SSSR count). The summed E-state index contributed by atoms with van der Waals surface area (Å²) in [6.07, 6.45) is 0.892. The Bertz CT molecular complexity index is 224. The van der Waals surface area contributed by atoms with Crippen molar-refractivity contribution in [1.82, 2.24) is 0 Å².